The van der Waals surface area contributed by atoms with Gasteiger partial charge in [0, 0.05) is 36.8 Å². The summed E-state index contributed by atoms with van der Waals surface area (Å²) in [4.78, 5) is 8.37. The van der Waals surface area contributed by atoms with Gasteiger partial charge < -0.3 is 5.32 Å². The van der Waals surface area contributed by atoms with Gasteiger partial charge in [-0.25, -0.2) is 4.98 Å². The van der Waals surface area contributed by atoms with Crippen LogP contribution in [0.15, 0.2) is 6.20 Å². The number of nitrogens with zero attached hydrogens (tertiary/aromatic N) is 2. The van der Waals surface area contributed by atoms with Gasteiger partial charge >= 0.3 is 0 Å². The molecule has 96 valence electrons. The molecule has 1 aromatic rings. The summed E-state index contributed by atoms with van der Waals surface area (Å²) in [7, 11) is 0. The molecule has 0 bridgehead atoms. The zero-order valence-corrected chi connectivity index (χ0v) is 11.9. The van der Waals surface area contributed by atoms with Crippen molar-refractivity contribution in [3.05, 3.63) is 11.1 Å². The Morgan fingerprint density at radius 2 is 2.29 bits per heavy atom. The zero-order chi connectivity index (χ0) is 12.3. The molecule has 2 unspecified atom stereocenters. The molecule has 1 fully saturated rings. The number of nitrogens with one attached hydrogen (secondary N) is 1. The largest absolute Gasteiger partial charge is 0.362 e. The second-order valence-corrected chi connectivity index (χ2v) is 6.24. The van der Waals surface area contributed by atoms with E-state index in [1.54, 1.807) is 11.3 Å². The first-order chi connectivity index (χ1) is 8.19. The smallest absolute Gasteiger partial charge is 0.182 e. The van der Waals surface area contributed by atoms with Crippen molar-refractivity contribution in [2.45, 2.75) is 46.2 Å². The predicted octanol–water partition coefficient (Wildman–Crippen LogP) is 3.20. The van der Waals surface area contributed by atoms with E-state index >= 15 is 0 Å². The second-order valence-electron chi connectivity index (χ2n) is 5.12. The van der Waals surface area contributed by atoms with E-state index in [2.05, 4.69) is 36.0 Å². The molecule has 0 saturated carbocycles. The molecule has 2 atom stereocenters. The maximum atomic E-state index is 4.40. The van der Waals surface area contributed by atoms with E-state index in [1.807, 2.05) is 6.20 Å². The lowest BCUT2D eigenvalue weighted by Crippen LogP contribution is -2.40. The predicted molar refractivity (Wildman–Crippen MR) is 74.5 cm³/mol. The molecule has 0 aromatic carbocycles. The van der Waals surface area contributed by atoms with E-state index in [1.165, 1.54) is 24.3 Å². The molecular weight excluding hydrogens is 230 g/mol. The molecule has 1 saturated heterocycles. The quantitative estimate of drug-likeness (QED) is 0.893. The summed E-state index contributed by atoms with van der Waals surface area (Å²) in [5, 5.41) is 4.33. The summed E-state index contributed by atoms with van der Waals surface area (Å²) in [6.07, 6.45) is 4.73. The van der Waals surface area contributed by atoms with Crippen LogP contribution < -0.4 is 5.32 Å². The Morgan fingerprint density at radius 3 is 3.06 bits per heavy atom. The van der Waals surface area contributed by atoms with Crippen LogP contribution in [0.4, 0.5) is 5.13 Å². The average Bonchev–Trinajstić information content (AvgIpc) is 2.72. The normalized spacial score (nSPS) is 26.1. The number of likely N-dealkylation sites (tertiary alicyclic amines) is 1. The summed E-state index contributed by atoms with van der Waals surface area (Å²) < 4.78 is 0. The molecule has 0 amide bonds. The number of piperidine rings is 1. The number of anilines is 1. The second kappa shape index (κ2) is 5.83. The minimum atomic E-state index is 0.718. The van der Waals surface area contributed by atoms with Gasteiger partial charge in [0.25, 0.3) is 0 Å². The van der Waals surface area contributed by atoms with E-state index in [0.717, 1.165) is 30.2 Å². The van der Waals surface area contributed by atoms with Crippen molar-refractivity contribution in [3.8, 4) is 0 Å². The number of aromatic nitrogens is 1. The molecular formula is C13H23N3S. The number of rotatable bonds is 4. The number of hydrogen-bond acceptors (Lipinski definition) is 4. The van der Waals surface area contributed by atoms with Gasteiger partial charge in [-0.1, -0.05) is 6.92 Å². The maximum absolute atomic E-state index is 4.40. The van der Waals surface area contributed by atoms with Gasteiger partial charge in [-0.15, -0.1) is 11.3 Å². The minimum Gasteiger partial charge on any atom is -0.362 e. The van der Waals surface area contributed by atoms with E-state index in [4.69, 9.17) is 0 Å². The third-order valence-corrected chi connectivity index (χ3v) is 4.43. The summed E-state index contributed by atoms with van der Waals surface area (Å²) >= 11 is 1.79. The van der Waals surface area contributed by atoms with Crippen molar-refractivity contribution >= 4 is 16.5 Å². The van der Waals surface area contributed by atoms with Crippen LogP contribution in [0.3, 0.4) is 0 Å². The molecule has 1 aliphatic heterocycles. The topological polar surface area (TPSA) is 28.2 Å². The first kappa shape index (κ1) is 12.8. The Morgan fingerprint density at radius 1 is 1.47 bits per heavy atom. The summed E-state index contributed by atoms with van der Waals surface area (Å²) in [5.74, 6) is 0.840. The van der Waals surface area contributed by atoms with Crippen molar-refractivity contribution in [1.82, 2.24) is 9.88 Å². The number of thiazole rings is 1. The highest BCUT2D eigenvalue weighted by Gasteiger charge is 2.23. The van der Waals surface area contributed by atoms with E-state index in [0.29, 0.717) is 0 Å². The van der Waals surface area contributed by atoms with Gasteiger partial charge in [0.1, 0.15) is 0 Å². The van der Waals surface area contributed by atoms with Crippen LogP contribution in [-0.2, 0) is 6.54 Å². The third-order valence-electron chi connectivity index (χ3n) is 3.49. The van der Waals surface area contributed by atoms with Crippen molar-refractivity contribution in [2.24, 2.45) is 5.92 Å². The van der Waals surface area contributed by atoms with E-state index < -0.39 is 0 Å². The van der Waals surface area contributed by atoms with Gasteiger partial charge in [0.05, 0.1) is 0 Å². The van der Waals surface area contributed by atoms with Crippen LogP contribution in [0.5, 0.6) is 0 Å². The fourth-order valence-electron chi connectivity index (χ4n) is 2.41. The molecule has 1 aliphatic rings. The fraction of sp³-hybridized carbons (Fsp3) is 0.769. The van der Waals surface area contributed by atoms with Crippen LogP contribution in [0.2, 0.25) is 0 Å². The first-order valence-electron chi connectivity index (χ1n) is 6.61. The van der Waals surface area contributed by atoms with E-state index in [9.17, 15) is 0 Å². The maximum Gasteiger partial charge on any atom is 0.182 e. The lowest BCUT2D eigenvalue weighted by molar-refractivity contribution is 0.118. The van der Waals surface area contributed by atoms with Gasteiger partial charge in [-0.05, 0) is 32.6 Å². The summed E-state index contributed by atoms with van der Waals surface area (Å²) in [5.41, 5.74) is 0. The number of hydrogen-bond donors (Lipinski definition) is 1. The molecule has 17 heavy (non-hydrogen) atoms. The minimum absolute atomic E-state index is 0.718. The highest BCUT2D eigenvalue weighted by Crippen LogP contribution is 2.26. The Kier molecular flexibility index (Phi) is 4.40. The van der Waals surface area contributed by atoms with Crippen molar-refractivity contribution in [3.63, 3.8) is 0 Å². The Labute approximate surface area is 108 Å². The van der Waals surface area contributed by atoms with Gasteiger partial charge in [0.2, 0.25) is 0 Å². The molecule has 4 heteroatoms. The van der Waals surface area contributed by atoms with E-state index in [-0.39, 0.29) is 0 Å². The first-order valence-corrected chi connectivity index (χ1v) is 7.43. The van der Waals surface area contributed by atoms with Crippen molar-refractivity contribution < 1.29 is 0 Å². The Bertz CT molecular complexity index is 350. The summed E-state index contributed by atoms with van der Waals surface area (Å²) in [6, 6.07) is 0.718. The van der Waals surface area contributed by atoms with Crippen molar-refractivity contribution in [2.75, 3.05) is 18.4 Å². The molecule has 0 radical (unpaired) electrons. The van der Waals surface area contributed by atoms with Crippen LogP contribution in [-0.4, -0.2) is 29.0 Å². The molecule has 2 heterocycles. The third kappa shape index (κ3) is 3.42. The molecule has 3 nitrogen and oxygen atoms in total. The van der Waals surface area contributed by atoms with Crippen LogP contribution in [0.25, 0.3) is 0 Å². The Hall–Kier alpha value is -0.610. The SMILES string of the molecule is CCNc1ncc(CN2CC(C)CCC2C)s1. The standard InChI is InChI=1S/C13H23N3S/c1-4-14-13-15-7-12(17-13)9-16-8-10(2)5-6-11(16)3/h7,10-11H,4-6,8-9H2,1-3H3,(H,14,15). The van der Waals surface area contributed by atoms with Gasteiger partial charge in [-0.3, -0.25) is 4.90 Å². The highest BCUT2D eigenvalue weighted by atomic mass is 32.1. The lowest BCUT2D eigenvalue weighted by atomic mass is 9.95. The molecule has 1 N–H and O–H groups in total. The highest BCUT2D eigenvalue weighted by molar-refractivity contribution is 7.15. The van der Waals surface area contributed by atoms with Crippen LogP contribution >= 0.6 is 11.3 Å². The molecule has 1 aromatic heterocycles. The monoisotopic (exact) mass is 253 g/mol. The lowest BCUT2D eigenvalue weighted by Gasteiger charge is -2.36. The molecule has 2 rings (SSSR count). The zero-order valence-electron chi connectivity index (χ0n) is 11.1. The summed E-state index contributed by atoms with van der Waals surface area (Å²) in [6.45, 7) is 10.1. The van der Waals surface area contributed by atoms with Gasteiger partial charge in [-0.2, -0.15) is 0 Å². The molecule has 0 spiro atoms. The Balaban J connectivity index is 1.94. The fourth-order valence-corrected chi connectivity index (χ4v) is 3.32. The van der Waals surface area contributed by atoms with Gasteiger partial charge in [0.15, 0.2) is 5.13 Å². The van der Waals surface area contributed by atoms with Crippen LogP contribution in [0, 0.1) is 5.92 Å². The van der Waals surface area contributed by atoms with Crippen LogP contribution in [0.1, 0.15) is 38.5 Å². The molecule has 0 aliphatic carbocycles. The van der Waals surface area contributed by atoms with Crippen molar-refractivity contribution in [1.29, 1.82) is 0 Å². The average molecular weight is 253 g/mol.